The molecule has 2 heterocycles. The van der Waals surface area contributed by atoms with Gasteiger partial charge in [0.2, 0.25) is 5.91 Å². The minimum atomic E-state index is -1.02. The van der Waals surface area contributed by atoms with Gasteiger partial charge in [0.05, 0.1) is 5.41 Å². The molecule has 1 aromatic rings. The maximum atomic E-state index is 12.8. The molecule has 0 unspecified atom stereocenters. The summed E-state index contributed by atoms with van der Waals surface area (Å²) in [5, 5.41) is 11.8. The predicted molar refractivity (Wildman–Crippen MR) is 82.3 cm³/mol. The largest absolute Gasteiger partial charge is 0.465 e. The molecule has 2 N–H and O–H groups in total. The Morgan fingerprint density at radius 2 is 2.18 bits per heavy atom. The summed E-state index contributed by atoms with van der Waals surface area (Å²) in [6.45, 7) is 3.75. The fraction of sp³-hybridized carbons (Fsp3) is 0.571. The summed E-state index contributed by atoms with van der Waals surface area (Å²) >= 11 is 1.43. The minimum Gasteiger partial charge on any atom is -0.465 e. The highest BCUT2D eigenvalue weighted by atomic mass is 32.2. The van der Waals surface area contributed by atoms with Crippen LogP contribution in [0, 0.1) is 0 Å². The van der Waals surface area contributed by atoms with Crippen LogP contribution in [0.4, 0.5) is 10.6 Å². The number of nitrogens with zero attached hydrogens (tertiary/aromatic N) is 3. The number of hydrogen-bond acceptors (Lipinski definition) is 5. The van der Waals surface area contributed by atoms with Crippen LogP contribution in [-0.4, -0.2) is 45.4 Å². The maximum absolute atomic E-state index is 12.8. The molecule has 8 heteroatoms. The number of thioether (sulfide) groups is 1. The van der Waals surface area contributed by atoms with Crippen LogP contribution >= 0.6 is 11.8 Å². The standard InChI is InChI=1S/C14H18N4O3S/c1-14(2)9-6-15-12(22-3)17-10(9)18(11(14)19)8-4-7(5-8)16-13(20)21/h6-8,16H,4-5H2,1-3H3,(H,20,21). The third-order valence-corrected chi connectivity index (χ3v) is 4.95. The van der Waals surface area contributed by atoms with Crippen molar-refractivity contribution in [1.82, 2.24) is 15.3 Å². The van der Waals surface area contributed by atoms with E-state index in [0.717, 1.165) is 5.56 Å². The van der Waals surface area contributed by atoms with Gasteiger partial charge in [0, 0.05) is 23.8 Å². The molecule has 1 aliphatic heterocycles. The van der Waals surface area contributed by atoms with Gasteiger partial charge >= 0.3 is 6.09 Å². The van der Waals surface area contributed by atoms with Crippen molar-refractivity contribution >= 4 is 29.6 Å². The summed E-state index contributed by atoms with van der Waals surface area (Å²) in [7, 11) is 0. The van der Waals surface area contributed by atoms with E-state index in [1.54, 1.807) is 11.1 Å². The lowest BCUT2D eigenvalue weighted by molar-refractivity contribution is -0.123. The molecule has 1 saturated carbocycles. The van der Waals surface area contributed by atoms with E-state index in [4.69, 9.17) is 5.11 Å². The first kappa shape index (κ1) is 15.1. The fourth-order valence-electron chi connectivity index (χ4n) is 3.02. The van der Waals surface area contributed by atoms with E-state index in [0.29, 0.717) is 23.8 Å². The number of hydrogen-bond donors (Lipinski definition) is 2. The number of fused-ring (bicyclic) bond motifs is 1. The van der Waals surface area contributed by atoms with Gasteiger partial charge in [-0.25, -0.2) is 14.8 Å². The van der Waals surface area contributed by atoms with Crippen LogP contribution in [0.2, 0.25) is 0 Å². The van der Waals surface area contributed by atoms with E-state index in [-0.39, 0.29) is 18.0 Å². The van der Waals surface area contributed by atoms with E-state index in [9.17, 15) is 9.59 Å². The van der Waals surface area contributed by atoms with Gasteiger partial charge in [0.25, 0.3) is 0 Å². The predicted octanol–water partition coefficient (Wildman–Crippen LogP) is 1.62. The summed E-state index contributed by atoms with van der Waals surface area (Å²) in [4.78, 5) is 33.9. The molecule has 0 spiro atoms. The first-order chi connectivity index (χ1) is 10.3. The van der Waals surface area contributed by atoms with Crippen LogP contribution in [0.1, 0.15) is 32.3 Å². The summed E-state index contributed by atoms with van der Waals surface area (Å²) < 4.78 is 0. The molecule has 2 aliphatic rings. The Kier molecular flexibility index (Phi) is 3.51. The van der Waals surface area contributed by atoms with Crippen molar-refractivity contribution in [3.63, 3.8) is 0 Å². The smallest absolute Gasteiger partial charge is 0.404 e. The highest BCUT2D eigenvalue weighted by Gasteiger charge is 2.50. The Morgan fingerprint density at radius 1 is 1.50 bits per heavy atom. The van der Waals surface area contributed by atoms with Gasteiger partial charge in [-0.05, 0) is 32.9 Å². The number of amides is 2. The van der Waals surface area contributed by atoms with E-state index in [1.165, 1.54) is 11.8 Å². The quantitative estimate of drug-likeness (QED) is 0.648. The van der Waals surface area contributed by atoms with Crippen molar-refractivity contribution < 1.29 is 14.7 Å². The lowest BCUT2D eigenvalue weighted by Crippen LogP contribution is -2.56. The summed E-state index contributed by atoms with van der Waals surface area (Å²) in [5.41, 5.74) is 0.197. The van der Waals surface area contributed by atoms with Crippen LogP contribution in [-0.2, 0) is 10.2 Å². The number of carbonyl (C=O) groups excluding carboxylic acids is 1. The molecule has 0 bridgehead atoms. The maximum Gasteiger partial charge on any atom is 0.404 e. The molecule has 0 atom stereocenters. The Morgan fingerprint density at radius 3 is 2.77 bits per heavy atom. The topological polar surface area (TPSA) is 95.4 Å². The molecule has 2 amide bonds. The lowest BCUT2D eigenvalue weighted by atomic mass is 9.84. The molecular formula is C14H18N4O3S. The van der Waals surface area contributed by atoms with Crippen molar-refractivity contribution in [3.05, 3.63) is 11.8 Å². The fourth-order valence-corrected chi connectivity index (χ4v) is 3.36. The first-order valence-corrected chi connectivity index (χ1v) is 8.31. The number of anilines is 1. The molecule has 1 aromatic heterocycles. The average molecular weight is 322 g/mol. The minimum absolute atomic E-state index is 0.00511. The molecule has 0 saturated heterocycles. The Hall–Kier alpha value is -1.83. The van der Waals surface area contributed by atoms with E-state index < -0.39 is 11.5 Å². The second-order valence-corrected chi connectivity index (χ2v) is 6.94. The third-order valence-electron chi connectivity index (χ3n) is 4.39. The zero-order chi connectivity index (χ0) is 16.1. The molecule has 0 aromatic carbocycles. The number of nitrogens with one attached hydrogen (secondary N) is 1. The zero-order valence-corrected chi connectivity index (χ0v) is 13.5. The SMILES string of the molecule is CSc1ncc2c(n1)N(C1CC(NC(=O)O)C1)C(=O)C2(C)C. The zero-order valence-electron chi connectivity index (χ0n) is 12.7. The van der Waals surface area contributed by atoms with Gasteiger partial charge in [0.1, 0.15) is 5.82 Å². The number of aromatic nitrogens is 2. The molecule has 3 rings (SSSR count). The second kappa shape index (κ2) is 5.12. The Bertz CT molecular complexity index is 643. The van der Waals surface area contributed by atoms with Crippen LogP contribution in [0.25, 0.3) is 0 Å². The van der Waals surface area contributed by atoms with E-state index in [2.05, 4.69) is 15.3 Å². The van der Waals surface area contributed by atoms with Crippen LogP contribution in [0.15, 0.2) is 11.4 Å². The molecule has 1 fully saturated rings. The van der Waals surface area contributed by atoms with Gasteiger partial charge < -0.3 is 10.4 Å². The van der Waals surface area contributed by atoms with Crippen LogP contribution in [0.5, 0.6) is 0 Å². The molecule has 1 aliphatic carbocycles. The van der Waals surface area contributed by atoms with Crippen molar-refractivity contribution in [2.24, 2.45) is 0 Å². The summed E-state index contributed by atoms with van der Waals surface area (Å²) in [5.74, 6) is 0.682. The Balaban J connectivity index is 1.88. The van der Waals surface area contributed by atoms with Gasteiger partial charge in [-0.2, -0.15) is 0 Å². The summed E-state index contributed by atoms with van der Waals surface area (Å²) in [6, 6.07) is -0.0983. The van der Waals surface area contributed by atoms with Crippen LogP contribution < -0.4 is 10.2 Å². The molecule has 7 nitrogen and oxygen atoms in total. The molecule has 22 heavy (non-hydrogen) atoms. The summed E-state index contributed by atoms with van der Waals surface area (Å²) in [6.07, 6.45) is 3.84. The second-order valence-electron chi connectivity index (χ2n) is 6.17. The number of carboxylic acid groups (broad SMARTS) is 1. The Labute approximate surface area is 132 Å². The van der Waals surface area contributed by atoms with E-state index >= 15 is 0 Å². The number of rotatable bonds is 3. The monoisotopic (exact) mass is 322 g/mol. The van der Waals surface area contributed by atoms with Gasteiger partial charge in [0.15, 0.2) is 5.16 Å². The van der Waals surface area contributed by atoms with Crippen molar-refractivity contribution in [2.45, 2.75) is 49.3 Å². The van der Waals surface area contributed by atoms with Crippen molar-refractivity contribution in [2.75, 3.05) is 11.2 Å². The molecule has 118 valence electrons. The first-order valence-electron chi connectivity index (χ1n) is 7.09. The highest BCUT2D eigenvalue weighted by molar-refractivity contribution is 7.98. The third kappa shape index (κ3) is 2.22. The van der Waals surface area contributed by atoms with Gasteiger partial charge in [-0.1, -0.05) is 11.8 Å². The van der Waals surface area contributed by atoms with Gasteiger partial charge in [-0.3, -0.25) is 9.69 Å². The molecule has 0 radical (unpaired) electrons. The van der Waals surface area contributed by atoms with E-state index in [1.807, 2.05) is 20.1 Å². The van der Waals surface area contributed by atoms with Crippen molar-refractivity contribution in [1.29, 1.82) is 0 Å². The average Bonchev–Trinajstić information content (AvgIpc) is 2.61. The van der Waals surface area contributed by atoms with Crippen LogP contribution in [0.3, 0.4) is 0 Å². The molecular weight excluding hydrogens is 304 g/mol. The number of carbonyl (C=O) groups is 2. The highest BCUT2D eigenvalue weighted by Crippen LogP contribution is 2.44. The van der Waals surface area contributed by atoms with Gasteiger partial charge in [-0.15, -0.1) is 0 Å². The van der Waals surface area contributed by atoms with Crippen molar-refractivity contribution in [3.8, 4) is 0 Å². The normalized spacial score (nSPS) is 25.6. The lowest BCUT2D eigenvalue weighted by Gasteiger charge is -2.41.